The van der Waals surface area contributed by atoms with E-state index in [4.69, 9.17) is 5.73 Å². The Morgan fingerprint density at radius 1 is 1.29 bits per heavy atom. The van der Waals surface area contributed by atoms with Crippen molar-refractivity contribution >= 4 is 0 Å². The third-order valence-electron chi connectivity index (χ3n) is 2.17. The molecule has 0 atom stereocenters. The van der Waals surface area contributed by atoms with Gasteiger partial charge in [-0.2, -0.15) is 13.2 Å². The van der Waals surface area contributed by atoms with Crippen molar-refractivity contribution in [3.8, 4) is 0 Å². The predicted molar refractivity (Wildman–Crippen MR) is 45.7 cm³/mol. The van der Waals surface area contributed by atoms with Gasteiger partial charge < -0.3 is 10.5 Å². The fraction of sp³-hybridized carbons (Fsp3) is 1.00. The molecule has 1 rings (SSSR count). The number of nitrogens with two attached hydrogens (primary N) is 1. The van der Waals surface area contributed by atoms with Gasteiger partial charge in [-0.15, -0.1) is 0 Å². The van der Waals surface area contributed by atoms with E-state index < -0.39 is 12.8 Å². The van der Waals surface area contributed by atoms with Crippen LogP contribution in [-0.2, 0) is 4.74 Å². The molecule has 3 nitrogen and oxygen atoms in total. The van der Waals surface area contributed by atoms with Gasteiger partial charge in [-0.25, -0.2) is 0 Å². The minimum Gasteiger partial charge on any atom is -0.357 e. The number of likely N-dealkylation sites (tertiary alicyclic amines) is 1. The van der Waals surface area contributed by atoms with Gasteiger partial charge in [-0.3, -0.25) is 4.90 Å². The molecule has 0 radical (unpaired) electrons. The zero-order valence-electron chi connectivity index (χ0n) is 7.89. The van der Waals surface area contributed by atoms with Crippen LogP contribution in [-0.4, -0.2) is 43.5 Å². The van der Waals surface area contributed by atoms with Crippen LogP contribution in [0.4, 0.5) is 13.2 Å². The van der Waals surface area contributed by atoms with Crippen LogP contribution in [0.5, 0.6) is 0 Å². The minimum atomic E-state index is -4.23. The number of piperidine rings is 1. The number of halogens is 3. The molecular weight excluding hydrogens is 197 g/mol. The molecule has 1 aliphatic rings. The van der Waals surface area contributed by atoms with Crippen LogP contribution in [0.2, 0.25) is 0 Å². The summed E-state index contributed by atoms with van der Waals surface area (Å²) in [5, 5.41) is 0. The molecule has 84 valence electrons. The molecule has 0 aromatic rings. The van der Waals surface area contributed by atoms with Crippen LogP contribution < -0.4 is 5.73 Å². The van der Waals surface area contributed by atoms with E-state index in [1.54, 1.807) is 0 Å². The zero-order chi connectivity index (χ0) is 10.6. The Hall–Kier alpha value is -0.330. The summed E-state index contributed by atoms with van der Waals surface area (Å²) in [5.41, 5.74) is 5.65. The SMILES string of the molecule is NC1CCN(COCC(F)(F)F)CC1. The molecular formula is C8H15F3N2O. The molecule has 0 aromatic carbocycles. The molecule has 0 amide bonds. The predicted octanol–water partition coefficient (Wildman–Crippen LogP) is 0.946. The Kier molecular flexibility index (Phi) is 4.15. The first kappa shape index (κ1) is 11.7. The number of hydrogen-bond donors (Lipinski definition) is 1. The number of alkyl halides is 3. The molecule has 0 aliphatic carbocycles. The highest BCUT2D eigenvalue weighted by atomic mass is 19.4. The van der Waals surface area contributed by atoms with Crippen LogP contribution in [0.25, 0.3) is 0 Å². The third kappa shape index (κ3) is 4.78. The van der Waals surface area contributed by atoms with E-state index in [0.29, 0.717) is 0 Å². The largest absolute Gasteiger partial charge is 0.411 e. The molecule has 14 heavy (non-hydrogen) atoms. The number of hydrogen-bond acceptors (Lipinski definition) is 3. The van der Waals surface area contributed by atoms with Crippen molar-refractivity contribution in [2.75, 3.05) is 26.4 Å². The van der Waals surface area contributed by atoms with Crippen molar-refractivity contribution < 1.29 is 17.9 Å². The van der Waals surface area contributed by atoms with E-state index >= 15 is 0 Å². The van der Waals surface area contributed by atoms with Gasteiger partial charge in [0.15, 0.2) is 0 Å². The summed E-state index contributed by atoms with van der Waals surface area (Å²) in [4.78, 5) is 1.84. The molecule has 2 N–H and O–H groups in total. The summed E-state index contributed by atoms with van der Waals surface area (Å²) in [5.74, 6) is 0. The lowest BCUT2D eigenvalue weighted by atomic mass is 10.1. The van der Waals surface area contributed by atoms with Crippen molar-refractivity contribution in [2.24, 2.45) is 5.73 Å². The summed E-state index contributed by atoms with van der Waals surface area (Å²) in [6.45, 7) is 0.319. The molecule has 0 bridgehead atoms. The van der Waals surface area contributed by atoms with E-state index in [1.807, 2.05) is 4.90 Å². The van der Waals surface area contributed by atoms with E-state index in [0.717, 1.165) is 25.9 Å². The van der Waals surface area contributed by atoms with Crippen molar-refractivity contribution in [3.63, 3.8) is 0 Å². The fourth-order valence-corrected chi connectivity index (χ4v) is 1.37. The van der Waals surface area contributed by atoms with Gasteiger partial charge in [0.2, 0.25) is 0 Å². The van der Waals surface area contributed by atoms with Crippen LogP contribution in [0.3, 0.4) is 0 Å². The summed E-state index contributed by atoms with van der Waals surface area (Å²) in [6, 6.07) is 0.189. The van der Waals surface area contributed by atoms with Gasteiger partial charge in [-0.1, -0.05) is 0 Å². The molecule has 0 saturated carbocycles. The van der Waals surface area contributed by atoms with Crippen LogP contribution in [0.15, 0.2) is 0 Å². The average Bonchev–Trinajstić information content (AvgIpc) is 2.06. The summed E-state index contributed by atoms with van der Waals surface area (Å²) in [6.07, 6.45) is -2.57. The Labute approximate surface area is 81.0 Å². The Balaban J connectivity index is 2.08. The second-order valence-corrected chi connectivity index (χ2v) is 3.55. The van der Waals surface area contributed by atoms with Crippen LogP contribution in [0, 0.1) is 0 Å². The minimum absolute atomic E-state index is 0.0478. The van der Waals surface area contributed by atoms with Crippen molar-refractivity contribution in [3.05, 3.63) is 0 Å². The molecule has 6 heteroatoms. The van der Waals surface area contributed by atoms with Gasteiger partial charge in [0, 0.05) is 19.1 Å². The van der Waals surface area contributed by atoms with Gasteiger partial charge >= 0.3 is 6.18 Å². The fourth-order valence-electron chi connectivity index (χ4n) is 1.37. The van der Waals surface area contributed by atoms with Crippen LogP contribution in [0.1, 0.15) is 12.8 Å². The normalized spacial score (nSPS) is 21.4. The summed E-state index contributed by atoms with van der Waals surface area (Å²) >= 11 is 0. The number of ether oxygens (including phenoxy) is 1. The Morgan fingerprint density at radius 2 is 1.86 bits per heavy atom. The van der Waals surface area contributed by atoms with Crippen molar-refractivity contribution in [2.45, 2.75) is 25.1 Å². The van der Waals surface area contributed by atoms with Gasteiger partial charge in [0.25, 0.3) is 0 Å². The standard InChI is InChI=1S/C8H15F3N2O/c9-8(10,11)5-14-6-13-3-1-7(12)2-4-13/h7H,1-6,12H2. The van der Waals surface area contributed by atoms with Crippen molar-refractivity contribution in [1.29, 1.82) is 0 Å². The average molecular weight is 212 g/mol. The molecule has 1 fully saturated rings. The maximum absolute atomic E-state index is 11.7. The first-order valence-electron chi connectivity index (χ1n) is 4.60. The number of rotatable bonds is 3. The summed E-state index contributed by atoms with van der Waals surface area (Å²) < 4.78 is 39.7. The highest BCUT2D eigenvalue weighted by molar-refractivity contribution is 4.72. The first-order valence-corrected chi connectivity index (χ1v) is 4.60. The second kappa shape index (κ2) is 4.95. The van der Waals surface area contributed by atoms with E-state index in [2.05, 4.69) is 4.74 Å². The van der Waals surface area contributed by atoms with Crippen molar-refractivity contribution in [1.82, 2.24) is 4.90 Å². The summed E-state index contributed by atoms with van der Waals surface area (Å²) in [7, 11) is 0. The third-order valence-corrected chi connectivity index (χ3v) is 2.17. The Morgan fingerprint density at radius 3 is 2.36 bits per heavy atom. The maximum atomic E-state index is 11.7. The van der Waals surface area contributed by atoms with E-state index in [1.165, 1.54) is 0 Å². The molecule has 0 spiro atoms. The van der Waals surface area contributed by atoms with Gasteiger partial charge in [0.1, 0.15) is 6.61 Å². The maximum Gasteiger partial charge on any atom is 0.411 e. The molecule has 1 heterocycles. The van der Waals surface area contributed by atoms with Gasteiger partial charge in [-0.05, 0) is 12.8 Å². The topological polar surface area (TPSA) is 38.5 Å². The smallest absolute Gasteiger partial charge is 0.357 e. The highest BCUT2D eigenvalue weighted by Gasteiger charge is 2.28. The lowest BCUT2D eigenvalue weighted by molar-refractivity contribution is -0.184. The number of nitrogens with zero attached hydrogens (tertiary/aromatic N) is 1. The lowest BCUT2D eigenvalue weighted by Crippen LogP contribution is -2.41. The molecule has 1 aliphatic heterocycles. The van der Waals surface area contributed by atoms with Gasteiger partial charge in [0.05, 0.1) is 6.73 Å². The molecule has 1 saturated heterocycles. The second-order valence-electron chi connectivity index (χ2n) is 3.55. The Bertz CT molecular complexity index is 166. The zero-order valence-corrected chi connectivity index (χ0v) is 7.89. The quantitative estimate of drug-likeness (QED) is 0.756. The van der Waals surface area contributed by atoms with Crippen LogP contribution >= 0.6 is 0 Å². The molecule has 0 unspecified atom stereocenters. The first-order chi connectivity index (χ1) is 6.47. The van der Waals surface area contributed by atoms with E-state index in [-0.39, 0.29) is 12.8 Å². The monoisotopic (exact) mass is 212 g/mol. The highest BCUT2D eigenvalue weighted by Crippen LogP contribution is 2.15. The lowest BCUT2D eigenvalue weighted by Gasteiger charge is -2.29. The van der Waals surface area contributed by atoms with E-state index in [9.17, 15) is 13.2 Å². The molecule has 0 aromatic heterocycles.